The standard InChI is InChI=1S/C26H22N2O4.C20H17NO4/c1-16-3-4-19(11-17(16)2)25(29)21-15-28(14-18-5-7-27-8-6-18)22-13-24-23(31-9-10-32-24)12-20(22)26(21)30;1-11-3-4-13(7-12(11)2)19(22)15-10-21-16-9-18-17(24-5-6-25-18)8-14(16)20(15)23/h3-8,11-13,15H,9-10,14H2,1-2H3;3-4,7-10H,5-6H2,1-2H3,(H,21,23). The number of ketones is 2. The number of fused-ring (bicyclic) bond motifs is 4. The number of ether oxygens (including phenoxy) is 4. The molecule has 1 N–H and O–H groups in total. The van der Waals surface area contributed by atoms with Crippen LogP contribution < -0.4 is 29.8 Å². The molecule has 0 unspecified atom stereocenters. The van der Waals surface area contributed by atoms with Crippen LogP contribution in [0.1, 0.15) is 59.7 Å². The molecule has 9 rings (SSSR count). The third-order valence-corrected chi connectivity index (χ3v) is 10.4. The normalized spacial score (nSPS) is 12.8. The smallest absolute Gasteiger partial charge is 0.200 e. The van der Waals surface area contributed by atoms with Gasteiger partial charge in [-0.25, -0.2) is 0 Å². The molecule has 4 aromatic carbocycles. The number of hydrogen-bond donors (Lipinski definition) is 1. The minimum atomic E-state index is -0.314. The van der Waals surface area contributed by atoms with Crippen LogP contribution >= 0.6 is 0 Å². The van der Waals surface area contributed by atoms with Crippen LogP contribution in [0.15, 0.2) is 107 Å². The number of pyridine rings is 3. The molecule has 0 saturated heterocycles. The molecular weight excluding hydrogens is 723 g/mol. The Morgan fingerprint density at radius 1 is 0.614 bits per heavy atom. The molecule has 2 aliphatic heterocycles. The number of benzene rings is 4. The quantitative estimate of drug-likeness (QED) is 0.174. The van der Waals surface area contributed by atoms with Crippen LogP contribution in [0, 0.1) is 27.7 Å². The lowest BCUT2D eigenvalue weighted by molar-refractivity contribution is 0.102. The second kappa shape index (κ2) is 15.3. The van der Waals surface area contributed by atoms with Crippen molar-refractivity contribution < 1.29 is 28.5 Å². The lowest BCUT2D eigenvalue weighted by Gasteiger charge is -2.21. The van der Waals surface area contributed by atoms with E-state index in [-0.39, 0.29) is 33.6 Å². The molecule has 286 valence electrons. The summed E-state index contributed by atoms with van der Waals surface area (Å²) in [4.78, 5) is 59.6. The second-order valence-corrected chi connectivity index (χ2v) is 14.2. The minimum Gasteiger partial charge on any atom is -0.486 e. The van der Waals surface area contributed by atoms with E-state index < -0.39 is 0 Å². The van der Waals surface area contributed by atoms with E-state index >= 15 is 0 Å². The molecule has 57 heavy (non-hydrogen) atoms. The summed E-state index contributed by atoms with van der Waals surface area (Å²) < 4.78 is 24.4. The molecule has 7 aromatic rings. The lowest BCUT2D eigenvalue weighted by Crippen LogP contribution is -2.21. The third kappa shape index (κ3) is 7.27. The van der Waals surface area contributed by atoms with Crippen molar-refractivity contribution in [1.29, 1.82) is 0 Å². The first-order valence-corrected chi connectivity index (χ1v) is 18.6. The first kappa shape index (κ1) is 36.9. The van der Waals surface area contributed by atoms with E-state index in [1.165, 1.54) is 6.20 Å². The van der Waals surface area contributed by atoms with Gasteiger partial charge in [0.15, 0.2) is 34.6 Å². The van der Waals surface area contributed by atoms with Crippen molar-refractivity contribution in [2.75, 3.05) is 26.4 Å². The number of aromatic nitrogens is 3. The Morgan fingerprint density at radius 2 is 1.12 bits per heavy atom. The van der Waals surface area contributed by atoms with Crippen molar-refractivity contribution in [3.63, 3.8) is 0 Å². The fraction of sp³-hybridized carbons (Fsp3) is 0.196. The number of nitrogens with one attached hydrogen (secondary N) is 1. The first-order chi connectivity index (χ1) is 27.5. The molecule has 0 aliphatic carbocycles. The van der Waals surface area contributed by atoms with E-state index in [2.05, 4.69) is 9.97 Å². The molecule has 5 heterocycles. The highest BCUT2D eigenvalue weighted by Gasteiger charge is 2.22. The van der Waals surface area contributed by atoms with Crippen LogP contribution in [-0.4, -0.2) is 52.5 Å². The average molecular weight is 762 g/mol. The summed E-state index contributed by atoms with van der Waals surface area (Å²) in [6.45, 7) is 10.2. The summed E-state index contributed by atoms with van der Waals surface area (Å²) in [5.74, 6) is 1.66. The van der Waals surface area contributed by atoms with Crippen molar-refractivity contribution in [2.24, 2.45) is 0 Å². The van der Waals surface area contributed by atoms with Crippen LogP contribution in [-0.2, 0) is 6.54 Å². The largest absolute Gasteiger partial charge is 0.486 e. The van der Waals surface area contributed by atoms with Crippen LogP contribution in [0.5, 0.6) is 23.0 Å². The van der Waals surface area contributed by atoms with Crippen molar-refractivity contribution in [3.05, 3.63) is 168 Å². The fourth-order valence-corrected chi connectivity index (χ4v) is 6.91. The predicted octanol–water partition coefficient (Wildman–Crippen LogP) is 7.21. The van der Waals surface area contributed by atoms with Gasteiger partial charge in [-0.3, -0.25) is 24.2 Å². The molecular formula is C46H39N3O8. The van der Waals surface area contributed by atoms with Crippen molar-refractivity contribution in [2.45, 2.75) is 34.2 Å². The van der Waals surface area contributed by atoms with Gasteiger partial charge in [-0.2, -0.15) is 0 Å². The van der Waals surface area contributed by atoms with Crippen molar-refractivity contribution in [3.8, 4) is 23.0 Å². The van der Waals surface area contributed by atoms with Gasteiger partial charge in [-0.1, -0.05) is 24.3 Å². The Morgan fingerprint density at radius 3 is 1.70 bits per heavy atom. The summed E-state index contributed by atoms with van der Waals surface area (Å²) in [5.41, 5.74) is 7.16. The van der Waals surface area contributed by atoms with E-state index in [0.717, 1.165) is 27.8 Å². The molecule has 0 fully saturated rings. The van der Waals surface area contributed by atoms with E-state index in [4.69, 9.17) is 18.9 Å². The van der Waals surface area contributed by atoms with Gasteiger partial charge in [0.05, 0.1) is 32.9 Å². The van der Waals surface area contributed by atoms with Crippen molar-refractivity contribution >= 4 is 33.4 Å². The minimum absolute atomic E-state index is 0.118. The molecule has 11 heteroatoms. The van der Waals surface area contributed by atoms with Crippen LogP contribution in [0.2, 0.25) is 0 Å². The Hall–Kier alpha value is -7.01. The number of aryl methyl sites for hydroxylation is 4. The zero-order valence-electron chi connectivity index (χ0n) is 31.9. The summed E-state index contributed by atoms with van der Waals surface area (Å²) in [7, 11) is 0. The Kier molecular flexibility index (Phi) is 9.89. The monoisotopic (exact) mass is 761 g/mol. The molecule has 0 atom stereocenters. The zero-order chi connectivity index (χ0) is 39.8. The topological polar surface area (TPSA) is 139 Å². The third-order valence-electron chi connectivity index (χ3n) is 10.4. The highest BCUT2D eigenvalue weighted by molar-refractivity contribution is 6.11. The maximum Gasteiger partial charge on any atom is 0.200 e. The Labute approximate surface area is 327 Å². The van der Waals surface area contributed by atoms with Crippen molar-refractivity contribution in [1.82, 2.24) is 14.5 Å². The number of rotatable bonds is 6. The molecule has 0 radical (unpaired) electrons. The van der Waals surface area contributed by atoms with Gasteiger partial charge < -0.3 is 28.5 Å². The maximum absolute atomic E-state index is 13.4. The van der Waals surface area contributed by atoms with Crippen LogP contribution in [0.25, 0.3) is 21.8 Å². The number of nitrogens with zero attached hydrogens (tertiary/aromatic N) is 2. The fourth-order valence-electron chi connectivity index (χ4n) is 6.91. The van der Waals surface area contributed by atoms with Gasteiger partial charge in [0.1, 0.15) is 26.4 Å². The molecule has 0 bridgehead atoms. The molecule has 0 saturated carbocycles. The van der Waals surface area contributed by atoms with Gasteiger partial charge in [-0.05, 0) is 91.9 Å². The first-order valence-electron chi connectivity index (χ1n) is 18.6. The molecule has 0 spiro atoms. The van der Waals surface area contributed by atoms with Gasteiger partial charge in [0.25, 0.3) is 0 Å². The number of carbonyl (C=O) groups is 2. The van der Waals surface area contributed by atoms with Gasteiger partial charge >= 0.3 is 0 Å². The van der Waals surface area contributed by atoms with Gasteiger partial charge in [0, 0.05) is 54.6 Å². The second-order valence-electron chi connectivity index (χ2n) is 14.2. The van der Waals surface area contributed by atoms with Crippen LogP contribution in [0.3, 0.4) is 0 Å². The predicted molar refractivity (Wildman–Crippen MR) is 217 cm³/mol. The summed E-state index contributed by atoms with van der Waals surface area (Å²) in [6, 6.07) is 21.6. The summed E-state index contributed by atoms with van der Waals surface area (Å²) in [5, 5.41) is 0.844. The molecule has 2 aliphatic rings. The summed E-state index contributed by atoms with van der Waals surface area (Å²) in [6.07, 6.45) is 6.57. The molecule has 11 nitrogen and oxygen atoms in total. The van der Waals surface area contributed by atoms with E-state index in [9.17, 15) is 19.2 Å². The summed E-state index contributed by atoms with van der Waals surface area (Å²) >= 11 is 0. The van der Waals surface area contributed by atoms with E-state index in [1.807, 2.05) is 74.7 Å². The Balaban J connectivity index is 0.000000165. The Bertz CT molecular complexity index is 2860. The van der Waals surface area contributed by atoms with Gasteiger partial charge in [0.2, 0.25) is 10.9 Å². The number of aromatic amines is 1. The van der Waals surface area contributed by atoms with Crippen LogP contribution in [0.4, 0.5) is 0 Å². The average Bonchev–Trinajstić information content (AvgIpc) is 3.23. The zero-order valence-corrected chi connectivity index (χ0v) is 31.9. The van der Waals surface area contributed by atoms with Gasteiger partial charge in [-0.15, -0.1) is 0 Å². The number of hydrogen-bond acceptors (Lipinski definition) is 9. The number of carbonyl (C=O) groups excluding carboxylic acids is 2. The maximum atomic E-state index is 13.4. The lowest BCUT2D eigenvalue weighted by atomic mass is 9.98. The number of H-pyrrole nitrogens is 1. The molecule has 3 aromatic heterocycles. The highest BCUT2D eigenvalue weighted by atomic mass is 16.6. The van der Waals surface area contributed by atoms with E-state index in [0.29, 0.717) is 88.9 Å². The van der Waals surface area contributed by atoms with E-state index in [1.54, 1.807) is 48.9 Å². The highest BCUT2D eigenvalue weighted by Crippen LogP contribution is 2.35. The SMILES string of the molecule is Cc1ccc(C(=O)c2c[nH]c3cc4c(cc3c2=O)OCCO4)cc1C.Cc1ccc(C(=O)c2cn(Cc3ccncc3)c3cc4c(cc3c2=O)OCCO4)cc1C. The molecule has 0 amide bonds.